The van der Waals surface area contributed by atoms with Crippen molar-refractivity contribution in [2.45, 2.75) is 84.5 Å². The van der Waals surface area contributed by atoms with E-state index >= 15 is 0 Å². The van der Waals surface area contributed by atoms with Gasteiger partial charge in [-0.3, -0.25) is 9.59 Å². The van der Waals surface area contributed by atoms with Crippen LogP contribution in [-0.4, -0.2) is 157 Å². The molecule has 0 aliphatic heterocycles. The molecule has 51 heavy (non-hydrogen) atoms. The summed E-state index contributed by atoms with van der Waals surface area (Å²) in [5, 5.41) is 0. The van der Waals surface area contributed by atoms with Crippen molar-refractivity contribution in [3.05, 3.63) is 0 Å². The Kier molecular flexibility index (Phi) is 43.4. The van der Waals surface area contributed by atoms with E-state index in [1.54, 1.807) is 0 Å². The van der Waals surface area contributed by atoms with Crippen molar-refractivity contribution in [2.75, 3.05) is 145 Å². The van der Waals surface area contributed by atoms with Gasteiger partial charge >= 0.3 is 11.9 Å². The molecule has 0 aromatic heterocycles. The van der Waals surface area contributed by atoms with Gasteiger partial charge in [-0.1, -0.05) is 58.8 Å². The summed E-state index contributed by atoms with van der Waals surface area (Å²) in [6.45, 7) is 14.3. The van der Waals surface area contributed by atoms with Crippen LogP contribution in [0.4, 0.5) is 0 Å². The molecule has 0 saturated carbocycles. The van der Waals surface area contributed by atoms with E-state index in [0.29, 0.717) is 145 Å². The average Bonchev–Trinajstić information content (AvgIpc) is 3.13. The molecule has 0 aromatic rings. The monoisotopic (exact) mass is 740 g/mol. The first-order valence-electron chi connectivity index (χ1n) is 19.3. The Balaban J connectivity index is 3.12. The number of unbranched alkanes of at least 4 members (excludes halogenated alkanes) is 7. The second-order valence-corrected chi connectivity index (χ2v) is 11.5. The number of ether oxygens (including phenoxy) is 12. The van der Waals surface area contributed by atoms with Gasteiger partial charge in [0, 0.05) is 12.8 Å². The SMILES string of the molecule is CCCCCCCCC(=O)OCCOCCOCCOCCOCCOCCOCCOCCOCCOCCOCCOC(=O)CCCCC. The minimum absolute atomic E-state index is 0.146. The van der Waals surface area contributed by atoms with Crippen LogP contribution in [0.2, 0.25) is 0 Å². The molecular weight excluding hydrogens is 668 g/mol. The van der Waals surface area contributed by atoms with Gasteiger partial charge in [0.15, 0.2) is 0 Å². The molecule has 0 spiro atoms. The third-order valence-corrected chi connectivity index (χ3v) is 7.05. The van der Waals surface area contributed by atoms with Crippen LogP contribution >= 0.6 is 0 Å². The molecule has 0 bridgehead atoms. The molecule has 0 saturated heterocycles. The zero-order chi connectivity index (χ0) is 37.0. The number of rotatable bonds is 44. The topological polar surface area (TPSA) is 145 Å². The van der Waals surface area contributed by atoms with Crippen molar-refractivity contribution < 1.29 is 66.4 Å². The number of hydrogen-bond donors (Lipinski definition) is 0. The maximum atomic E-state index is 11.7. The first-order valence-corrected chi connectivity index (χ1v) is 19.3. The standard InChI is InChI=1S/C37H72O14/c1-3-5-7-8-9-11-13-37(39)51-35-33-49-31-29-47-27-25-45-23-21-43-19-17-41-15-14-40-16-18-42-20-22-44-24-26-46-28-30-48-32-34-50-36(38)12-10-6-4-2/h3-35H2,1-2H3. The molecule has 0 aromatic carbocycles. The van der Waals surface area contributed by atoms with E-state index in [1.165, 1.54) is 25.7 Å². The normalized spacial score (nSPS) is 11.3. The molecule has 0 N–H and O–H groups in total. The fourth-order valence-electron chi connectivity index (χ4n) is 4.22. The summed E-state index contributed by atoms with van der Waals surface area (Å²) in [6, 6.07) is 0. The highest BCUT2D eigenvalue weighted by molar-refractivity contribution is 5.69. The Hall–Kier alpha value is -1.46. The van der Waals surface area contributed by atoms with Crippen LogP contribution in [0, 0.1) is 0 Å². The first kappa shape index (κ1) is 49.5. The Morgan fingerprint density at radius 2 is 0.471 bits per heavy atom. The van der Waals surface area contributed by atoms with Crippen LogP contribution in [0.15, 0.2) is 0 Å². The molecular formula is C37H72O14. The van der Waals surface area contributed by atoms with Crippen LogP contribution in [0.3, 0.4) is 0 Å². The average molecular weight is 741 g/mol. The van der Waals surface area contributed by atoms with E-state index < -0.39 is 0 Å². The summed E-state index contributed by atoms with van der Waals surface area (Å²) < 4.78 is 64.8. The summed E-state index contributed by atoms with van der Waals surface area (Å²) in [6.07, 6.45) is 10.9. The highest BCUT2D eigenvalue weighted by Gasteiger charge is 2.03. The summed E-state index contributed by atoms with van der Waals surface area (Å²) in [7, 11) is 0. The molecule has 0 aliphatic rings. The number of carbonyl (C=O) groups is 2. The lowest BCUT2D eigenvalue weighted by atomic mass is 10.1. The van der Waals surface area contributed by atoms with Crippen molar-refractivity contribution in [1.82, 2.24) is 0 Å². The Bertz CT molecular complexity index is 700. The van der Waals surface area contributed by atoms with Crippen LogP contribution < -0.4 is 0 Å². The lowest BCUT2D eigenvalue weighted by Crippen LogP contribution is -2.16. The van der Waals surface area contributed by atoms with E-state index in [0.717, 1.165) is 32.1 Å². The van der Waals surface area contributed by atoms with Gasteiger partial charge in [0.25, 0.3) is 0 Å². The molecule has 0 fully saturated rings. The molecule has 0 radical (unpaired) electrons. The predicted octanol–water partition coefficient (Wildman–Crippen LogP) is 4.57. The Morgan fingerprint density at radius 3 is 0.745 bits per heavy atom. The van der Waals surface area contributed by atoms with Crippen LogP contribution in [0.5, 0.6) is 0 Å². The minimum Gasteiger partial charge on any atom is -0.463 e. The summed E-state index contributed by atoms with van der Waals surface area (Å²) in [4.78, 5) is 23.1. The zero-order valence-electron chi connectivity index (χ0n) is 32.0. The van der Waals surface area contributed by atoms with E-state index in [1.807, 2.05) is 0 Å². The fraction of sp³-hybridized carbons (Fsp3) is 0.946. The van der Waals surface area contributed by atoms with Gasteiger partial charge in [-0.15, -0.1) is 0 Å². The van der Waals surface area contributed by atoms with Crippen LogP contribution in [0.25, 0.3) is 0 Å². The Labute approximate surface area is 308 Å². The van der Waals surface area contributed by atoms with Crippen molar-refractivity contribution in [2.24, 2.45) is 0 Å². The molecule has 304 valence electrons. The van der Waals surface area contributed by atoms with Crippen molar-refractivity contribution in [3.63, 3.8) is 0 Å². The summed E-state index contributed by atoms with van der Waals surface area (Å²) in [5.41, 5.74) is 0. The molecule has 0 atom stereocenters. The summed E-state index contributed by atoms with van der Waals surface area (Å²) >= 11 is 0. The van der Waals surface area contributed by atoms with E-state index in [9.17, 15) is 9.59 Å². The van der Waals surface area contributed by atoms with Crippen LogP contribution in [0.1, 0.15) is 84.5 Å². The van der Waals surface area contributed by atoms with Gasteiger partial charge in [-0.25, -0.2) is 0 Å². The predicted molar refractivity (Wildman–Crippen MR) is 192 cm³/mol. The first-order chi connectivity index (χ1) is 25.2. The third kappa shape index (κ3) is 44.6. The largest absolute Gasteiger partial charge is 0.463 e. The van der Waals surface area contributed by atoms with E-state index in [4.69, 9.17) is 56.8 Å². The van der Waals surface area contributed by atoms with Crippen molar-refractivity contribution in [3.8, 4) is 0 Å². The van der Waals surface area contributed by atoms with Gasteiger partial charge in [0.05, 0.1) is 132 Å². The number of carbonyl (C=O) groups excluding carboxylic acids is 2. The van der Waals surface area contributed by atoms with Gasteiger partial charge < -0.3 is 56.8 Å². The highest BCUT2D eigenvalue weighted by atomic mass is 16.6. The van der Waals surface area contributed by atoms with Crippen molar-refractivity contribution in [1.29, 1.82) is 0 Å². The quantitative estimate of drug-likeness (QED) is 0.0635. The van der Waals surface area contributed by atoms with E-state index in [-0.39, 0.29) is 25.2 Å². The molecule has 0 aliphatic carbocycles. The van der Waals surface area contributed by atoms with Crippen LogP contribution in [-0.2, 0) is 66.4 Å². The zero-order valence-corrected chi connectivity index (χ0v) is 32.0. The second-order valence-electron chi connectivity index (χ2n) is 11.5. The third-order valence-electron chi connectivity index (χ3n) is 7.05. The molecule has 0 unspecified atom stereocenters. The number of hydrogen-bond acceptors (Lipinski definition) is 14. The highest BCUT2D eigenvalue weighted by Crippen LogP contribution is 2.07. The van der Waals surface area contributed by atoms with E-state index in [2.05, 4.69) is 13.8 Å². The van der Waals surface area contributed by atoms with Gasteiger partial charge in [0.2, 0.25) is 0 Å². The fourth-order valence-corrected chi connectivity index (χ4v) is 4.22. The second kappa shape index (κ2) is 44.7. The lowest BCUT2D eigenvalue weighted by molar-refractivity contribution is -0.146. The minimum atomic E-state index is -0.162. The smallest absolute Gasteiger partial charge is 0.305 e. The summed E-state index contributed by atoms with van der Waals surface area (Å²) in [5.74, 6) is -0.308. The lowest BCUT2D eigenvalue weighted by Gasteiger charge is -2.09. The Morgan fingerprint density at radius 1 is 0.275 bits per heavy atom. The van der Waals surface area contributed by atoms with Gasteiger partial charge in [0.1, 0.15) is 13.2 Å². The molecule has 14 heteroatoms. The van der Waals surface area contributed by atoms with Gasteiger partial charge in [-0.05, 0) is 12.8 Å². The molecule has 0 rings (SSSR count). The van der Waals surface area contributed by atoms with Crippen molar-refractivity contribution >= 4 is 11.9 Å². The van der Waals surface area contributed by atoms with Gasteiger partial charge in [-0.2, -0.15) is 0 Å². The maximum absolute atomic E-state index is 11.7. The molecule has 0 heterocycles. The number of esters is 2. The molecule has 14 nitrogen and oxygen atoms in total. The molecule has 0 amide bonds. The maximum Gasteiger partial charge on any atom is 0.305 e.